The fourth-order valence-electron chi connectivity index (χ4n) is 1.06. The summed E-state index contributed by atoms with van der Waals surface area (Å²) < 4.78 is 24.9. The minimum absolute atomic E-state index is 0.546. The van der Waals surface area contributed by atoms with Crippen LogP contribution in [-0.2, 0) is 0 Å². The Labute approximate surface area is 97.6 Å². The quantitative estimate of drug-likeness (QED) is 0.472. The Bertz CT molecular complexity index is 542. The Morgan fingerprint density at radius 2 is 2.24 bits per heavy atom. The Morgan fingerprint density at radius 3 is 2.59 bits per heavy atom. The van der Waals surface area contributed by atoms with Gasteiger partial charge in [0.15, 0.2) is 0 Å². The van der Waals surface area contributed by atoms with E-state index < -0.39 is 39.2 Å². The van der Waals surface area contributed by atoms with Crippen molar-refractivity contribution in [3.63, 3.8) is 0 Å². The summed E-state index contributed by atoms with van der Waals surface area (Å²) in [5, 5.41) is 17.7. The summed E-state index contributed by atoms with van der Waals surface area (Å²) in [4.78, 5) is 23.4. The predicted octanol–water partition coefficient (Wildman–Crippen LogP) is 2.18. The van der Waals surface area contributed by atoms with E-state index in [-0.39, 0.29) is 0 Å². The van der Waals surface area contributed by atoms with Gasteiger partial charge < -0.3 is 0 Å². The molecule has 88 valence electrons. The van der Waals surface area contributed by atoms with Crippen LogP contribution in [0, 0.1) is 21.4 Å². The number of nitriles is 1. The monoisotopic (exact) mass is 261 g/mol. The molecule has 0 N–H and O–H groups in total. The number of carbonyl (C=O) groups excluding carboxylic acids is 1. The van der Waals surface area contributed by atoms with Crippen LogP contribution in [0.3, 0.4) is 0 Å². The lowest BCUT2D eigenvalue weighted by atomic mass is 10.1. The van der Waals surface area contributed by atoms with Gasteiger partial charge in [-0.25, -0.2) is 13.8 Å². The fraction of sp³-hybridized carbons (Fsp3) is 0.125. The molecule has 0 aliphatic heterocycles. The lowest BCUT2D eigenvalue weighted by Gasteiger charge is -2.03. The lowest BCUT2D eigenvalue weighted by molar-refractivity contribution is -0.385. The molecule has 1 rings (SSSR count). The SMILES string of the molecule is N#Cc1cc([N+](=O)[O-])c(C(=O)Cl)nc1C(F)F. The van der Waals surface area contributed by atoms with Crippen LogP contribution >= 0.6 is 11.6 Å². The molecule has 17 heavy (non-hydrogen) atoms. The highest BCUT2D eigenvalue weighted by molar-refractivity contribution is 6.67. The molecule has 1 aromatic rings. The molecule has 9 heteroatoms. The summed E-state index contributed by atoms with van der Waals surface area (Å²) in [5.41, 5.74) is -3.48. The van der Waals surface area contributed by atoms with E-state index >= 15 is 0 Å². The lowest BCUT2D eigenvalue weighted by Crippen LogP contribution is -2.07. The van der Waals surface area contributed by atoms with Gasteiger partial charge in [-0.15, -0.1) is 0 Å². The van der Waals surface area contributed by atoms with E-state index in [9.17, 15) is 23.7 Å². The Balaban J connectivity index is 3.61. The van der Waals surface area contributed by atoms with Gasteiger partial charge in [0.25, 0.3) is 11.7 Å². The molecule has 1 aromatic heterocycles. The van der Waals surface area contributed by atoms with Crippen LogP contribution in [0.25, 0.3) is 0 Å². The highest BCUT2D eigenvalue weighted by Gasteiger charge is 2.27. The average Bonchev–Trinajstić information content (AvgIpc) is 2.26. The minimum atomic E-state index is -3.14. The molecular weight excluding hydrogens is 260 g/mol. The topological polar surface area (TPSA) is 96.9 Å². The third kappa shape index (κ3) is 2.51. The molecule has 0 amide bonds. The zero-order valence-electron chi connectivity index (χ0n) is 7.85. The predicted molar refractivity (Wildman–Crippen MR) is 50.7 cm³/mol. The summed E-state index contributed by atoms with van der Waals surface area (Å²) in [6, 6.07) is 1.88. The molecule has 1 heterocycles. The number of alkyl halides is 2. The number of nitrogens with zero attached hydrogens (tertiary/aromatic N) is 3. The van der Waals surface area contributed by atoms with Crippen LogP contribution in [0.2, 0.25) is 0 Å². The largest absolute Gasteiger partial charge is 0.301 e. The maximum atomic E-state index is 12.5. The normalized spacial score (nSPS) is 10.1. The molecule has 0 spiro atoms. The fourth-order valence-corrected chi connectivity index (χ4v) is 1.20. The molecule has 0 aliphatic carbocycles. The van der Waals surface area contributed by atoms with E-state index in [4.69, 9.17) is 16.9 Å². The zero-order valence-corrected chi connectivity index (χ0v) is 8.61. The summed E-state index contributed by atoms with van der Waals surface area (Å²) in [6.07, 6.45) is -3.14. The van der Waals surface area contributed by atoms with Crippen molar-refractivity contribution in [1.29, 1.82) is 5.26 Å². The number of rotatable bonds is 3. The number of hydrogen-bond donors (Lipinski definition) is 0. The first-order valence-corrected chi connectivity index (χ1v) is 4.33. The highest BCUT2D eigenvalue weighted by Crippen LogP contribution is 2.27. The average molecular weight is 262 g/mol. The van der Waals surface area contributed by atoms with Gasteiger partial charge in [0, 0.05) is 6.07 Å². The van der Waals surface area contributed by atoms with Crippen LogP contribution in [0.15, 0.2) is 6.07 Å². The molecule has 0 atom stereocenters. The van der Waals surface area contributed by atoms with Gasteiger partial charge in [-0.3, -0.25) is 14.9 Å². The summed E-state index contributed by atoms with van der Waals surface area (Å²) in [5.74, 6) is 0. The van der Waals surface area contributed by atoms with Crippen molar-refractivity contribution >= 4 is 22.5 Å². The van der Waals surface area contributed by atoms with Gasteiger partial charge in [0.1, 0.15) is 11.8 Å². The first-order chi connectivity index (χ1) is 7.88. The molecule has 0 radical (unpaired) electrons. The Hall–Kier alpha value is -2.14. The summed E-state index contributed by atoms with van der Waals surface area (Å²) in [6.45, 7) is 0. The summed E-state index contributed by atoms with van der Waals surface area (Å²) in [7, 11) is 0. The molecule has 0 aliphatic rings. The molecule has 0 unspecified atom stereocenters. The highest BCUT2D eigenvalue weighted by atomic mass is 35.5. The molecule has 0 fully saturated rings. The van der Waals surface area contributed by atoms with Gasteiger partial charge in [-0.2, -0.15) is 5.26 Å². The number of pyridine rings is 1. The van der Waals surface area contributed by atoms with E-state index in [1.165, 1.54) is 6.07 Å². The van der Waals surface area contributed by atoms with Gasteiger partial charge in [-0.05, 0) is 11.6 Å². The number of aromatic nitrogens is 1. The van der Waals surface area contributed by atoms with Gasteiger partial charge >= 0.3 is 5.69 Å². The van der Waals surface area contributed by atoms with Crippen molar-refractivity contribution in [2.75, 3.05) is 0 Å². The molecular formula is C8H2ClF2N3O3. The molecule has 0 saturated heterocycles. The zero-order chi connectivity index (χ0) is 13.2. The maximum absolute atomic E-state index is 12.5. The molecule has 0 aromatic carbocycles. The van der Waals surface area contributed by atoms with Crippen LogP contribution < -0.4 is 0 Å². The van der Waals surface area contributed by atoms with Crippen molar-refractivity contribution in [3.05, 3.63) is 33.1 Å². The van der Waals surface area contributed by atoms with E-state index in [2.05, 4.69) is 4.98 Å². The molecule has 0 bridgehead atoms. The van der Waals surface area contributed by atoms with Gasteiger partial charge in [0.05, 0.1) is 10.5 Å². The Kier molecular flexibility index (Phi) is 3.65. The third-order valence-electron chi connectivity index (χ3n) is 1.74. The van der Waals surface area contributed by atoms with Crippen molar-refractivity contribution in [3.8, 4) is 6.07 Å². The van der Waals surface area contributed by atoms with Crippen LogP contribution in [0.4, 0.5) is 14.5 Å². The van der Waals surface area contributed by atoms with Gasteiger partial charge in [0.2, 0.25) is 5.69 Å². The van der Waals surface area contributed by atoms with Crippen molar-refractivity contribution < 1.29 is 18.5 Å². The molecule has 6 nitrogen and oxygen atoms in total. The summed E-state index contributed by atoms with van der Waals surface area (Å²) >= 11 is 4.99. The van der Waals surface area contributed by atoms with Crippen molar-refractivity contribution in [1.82, 2.24) is 4.98 Å². The minimum Gasteiger partial charge on any atom is -0.274 e. The number of carbonyl (C=O) groups is 1. The van der Waals surface area contributed by atoms with Crippen LogP contribution in [0.1, 0.15) is 28.2 Å². The second-order valence-electron chi connectivity index (χ2n) is 2.73. The van der Waals surface area contributed by atoms with E-state index in [1.54, 1.807) is 0 Å². The van der Waals surface area contributed by atoms with Crippen molar-refractivity contribution in [2.45, 2.75) is 6.43 Å². The van der Waals surface area contributed by atoms with Crippen LogP contribution in [-0.4, -0.2) is 15.1 Å². The first-order valence-electron chi connectivity index (χ1n) is 3.96. The van der Waals surface area contributed by atoms with E-state index in [0.29, 0.717) is 6.07 Å². The van der Waals surface area contributed by atoms with E-state index in [0.717, 1.165) is 0 Å². The molecule has 0 saturated carbocycles. The van der Waals surface area contributed by atoms with Gasteiger partial charge in [-0.1, -0.05) is 0 Å². The second-order valence-corrected chi connectivity index (χ2v) is 3.08. The standard InChI is InChI=1S/C8H2ClF2N3O3/c9-7(15)6-4(14(16)17)1-3(2-12)5(13-6)8(10)11/h1,8H. The second kappa shape index (κ2) is 4.80. The third-order valence-corrected chi connectivity index (χ3v) is 1.92. The maximum Gasteiger partial charge on any atom is 0.301 e. The van der Waals surface area contributed by atoms with Crippen LogP contribution in [0.5, 0.6) is 0 Å². The Morgan fingerprint density at radius 1 is 1.65 bits per heavy atom. The van der Waals surface area contributed by atoms with Crippen molar-refractivity contribution in [2.24, 2.45) is 0 Å². The first kappa shape index (κ1) is 12.9. The number of nitro groups is 1. The number of halogens is 3. The smallest absolute Gasteiger partial charge is 0.274 e. The number of hydrogen-bond acceptors (Lipinski definition) is 5. The van der Waals surface area contributed by atoms with E-state index in [1.807, 2.05) is 0 Å².